The highest BCUT2D eigenvalue weighted by atomic mass is 15.0. The van der Waals surface area contributed by atoms with E-state index in [1.807, 2.05) is 0 Å². The first kappa shape index (κ1) is 25.7. The third kappa shape index (κ3) is 355. The molecule has 1 nitrogen and oxygen atoms in total. The zero-order chi connectivity index (χ0) is 14.9. The van der Waals surface area contributed by atoms with E-state index in [0.29, 0.717) is 5.41 Å². The molecule has 0 atom stereocenters. The highest BCUT2D eigenvalue weighted by molar-refractivity contribution is 4.47. The summed E-state index contributed by atoms with van der Waals surface area (Å²) in [7, 11) is 4.11. The summed E-state index contributed by atoms with van der Waals surface area (Å²) in [6.07, 6.45) is 3.89. The van der Waals surface area contributed by atoms with Gasteiger partial charge in [0, 0.05) is 0 Å². The quantitative estimate of drug-likeness (QED) is 0.592. The SMILES string of the molecule is CC(C)(C)C.CCC.CCCC.CCN(C)C. The molecule has 110 valence electrons. The molecular weight excluding hydrogens is 206 g/mol. The maximum absolute atomic E-state index is 2.19. The third-order valence-electron chi connectivity index (χ3n) is 1.13. The minimum Gasteiger partial charge on any atom is -0.310 e. The zero-order valence-corrected chi connectivity index (χ0v) is 14.8. The van der Waals surface area contributed by atoms with Crippen molar-refractivity contribution in [2.45, 2.75) is 81.6 Å². The normalized spacial score (nSPS) is 9.18. The lowest BCUT2D eigenvalue weighted by Gasteiger charge is -2.05. The summed E-state index contributed by atoms with van der Waals surface area (Å²) in [6.45, 7) is 20.6. The van der Waals surface area contributed by atoms with Crippen LogP contribution in [0.4, 0.5) is 0 Å². The van der Waals surface area contributed by atoms with Gasteiger partial charge in [-0.05, 0) is 26.1 Å². The average Bonchev–Trinajstić information content (AvgIpc) is 2.17. The van der Waals surface area contributed by atoms with Crippen molar-refractivity contribution < 1.29 is 0 Å². The van der Waals surface area contributed by atoms with Gasteiger partial charge in [0.1, 0.15) is 0 Å². The molecule has 0 aliphatic carbocycles. The second kappa shape index (κ2) is 21.3. The van der Waals surface area contributed by atoms with Gasteiger partial charge >= 0.3 is 0 Å². The molecule has 0 aromatic rings. The van der Waals surface area contributed by atoms with Crippen LogP contribution < -0.4 is 0 Å². The highest BCUT2D eigenvalue weighted by Gasteiger charge is 1.95. The monoisotopic (exact) mass is 247 g/mol. The first-order valence-electron chi connectivity index (χ1n) is 7.25. The standard InChI is InChI=1S/C5H12.C4H11N.C4H10.C3H8/c1-5(2,3)4;1-4-5(2)3;1-3-4-2;1-3-2/h1-4H3;4H2,1-3H3;3-4H2,1-2H3;3H2,1-2H3. The Balaban J connectivity index is -0.0000000676. The van der Waals surface area contributed by atoms with E-state index in [2.05, 4.69) is 81.3 Å². The zero-order valence-electron chi connectivity index (χ0n) is 14.8. The number of nitrogens with zero attached hydrogens (tertiary/aromatic N) is 1. The van der Waals surface area contributed by atoms with E-state index < -0.39 is 0 Å². The first-order valence-corrected chi connectivity index (χ1v) is 7.25. The number of hydrogen-bond donors (Lipinski definition) is 0. The van der Waals surface area contributed by atoms with Gasteiger partial charge in [0.05, 0.1) is 0 Å². The van der Waals surface area contributed by atoms with Crippen LogP contribution >= 0.6 is 0 Å². The Morgan fingerprint density at radius 2 is 0.824 bits per heavy atom. The Morgan fingerprint density at radius 3 is 0.824 bits per heavy atom. The number of unbranched alkanes of at least 4 members (excludes halogenated alkanes) is 1. The minimum atomic E-state index is 0.500. The molecule has 0 aliphatic rings. The molecule has 0 aliphatic heterocycles. The van der Waals surface area contributed by atoms with Gasteiger partial charge in [-0.2, -0.15) is 0 Å². The van der Waals surface area contributed by atoms with Gasteiger partial charge in [0.25, 0.3) is 0 Å². The largest absolute Gasteiger partial charge is 0.310 e. The molecular formula is C16H41N. The van der Waals surface area contributed by atoms with Crippen LogP contribution in [0.15, 0.2) is 0 Å². The molecule has 0 aromatic carbocycles. The second-order valence-corrected chi connectivity index (χ2v) is 6.10. The Hall–Kier alpha value is -0.0400. The fourth-order valence-corrected chi connectivity index (χ4v) is 0. The van der Waals surface area contributed by atoms with Crippen molar-refractivity contribution in [3.63, 3.8) is 0 Å². The maximum atomic E-state index is 2.19. The Labute approximate surface area is 113 Å². The molecule has 0 rings (SSSR count). The Morgan fingerprint density at radius 1 is 0.706 bits per heavy atom. The minimum absolute atomic E-state index is 0.500. The molecule has 0 unspecified atom stereocenters. The summed E-state index contributed by atoms with van der Waals surface area (Å²) in [4.78, 5) is 2.12. The summed E-state index contributed by atoms with van der Waals surface area (Å²) in [5.74, 6) is 0. The van der Waals surface area contributed by atoms with E-state index in [4.69, 9.17) is 0 Å². The summed E-state index contributed by atoms with van der Waals surface area (Å²) in [6, 6.07) is 0. The predicted octanol–water partition coefficient (Wildman–Crippen LogP) is 5.84. The Bertz CT molecular complexity index is 82.2. The molecule has 1 heteroatoms. The molecule has 0 fully saturated rings. The molecule has 0 bridgehead atoms. The van der Waals surface area contributed by atoms with E-state index in [9.17, 15) is 0 Å². The Kier molecular flexibility index (Phi) is 32.2. The molecule has 0 N–H and O–H groups in total. The third-order valence-corrected chi connectivity index (χ3v) is 1.13. The molecule has 0 radical (unpaired) electrons. The van der Waals surface area contributed by atoms with Crippen molar-refractivity contribution in [1.82, 2.24) is 4.90 Å². The second-order valence-electron chi connectivity index (χ2n) is 6.10. The van der Waals surface area contributed by atoms with Crippen LogP contribution in [0.3, 0.4) is 0 Å². The van der Waals surface area contributed by atoms with Gasteiger partial charge in [0.15, 0.2) is 0 Å². The molecule has 0 aromatic heterocycles. The smallest absolute Gasteiger partial charge is 0.00533 e. The number of rotatable bonds is 2. The van der Waals surface area contributed by atoms with Gasteiger partial charge in [-0.15, -0.1) is 0 Å². The van der Waals surface area contributed by atoms with Crippen molar-refractivity contribution in [3.8, 4) is 0 Å². The predicted molar refractivity (Wildman–Crippen MR) is 85.9 cm³/mol. The van der Waals surface area contributed by atoms with Crippen molar-refractivity contribution in [2.24, 2.45) is 5.41 Å². The van der Waals surface area contributed by atoms with Crippen LogP contribution in [0.5, 0.6) is 0 Å². The van der Waals surface area contributed by atoms with E-state index in [0.717, 1.165) is 6.54 Å². The lowest BCUT2D eigenvalue weighted by molar-refractivity contribution is 0.434. The van der Waals surface area contributed by atoms with E-state index >= 15 is 0 Å². The summed E-state index contributed by atoms with van der Waals surface area (Å²) in [5, 5.41) is 0. The topological polar surface area (TPSA) is 3.24 Å². The summed E-state index contributed by atoms with van der Waals surface area (Å²) >= 11 is 0. The van der Waals surface area contributed by atoms with Crippen LogP contribution in [-0.2, 0) is 0 Å². The summed E-state index contributed by atoms with van der Waals surface area (Å²) < 4.78 is 0. The molecule has 0 heterocycles. The van der Waals surface area contributed by atoms with Crippen LogP contribution in [0.2, 0.25) is 0 Å². The van der Waals surface area contributed by atoms with Gasteiger partial charge in [-0.25, -0.2) is 0 Å². The molecule has 0 spiro atoms. The van der Waals surface area contributed by atoms with E-state index in [1.54, 1.807) is 0 Å². The van der Waals surface area contributed by atoms with Gasteiger partial charge in [-0.1, -0.05) is 81.6 Å². The van der Waals surface area contributed by atoms with Crippen LogP contribution in [-0.4, -0.2) is 25.5 Å². The maximum Gasteiger partial charge on any atom is -0.00533 e. The first-order chi connectivity index (χ1) is 7.60. The number of hydrogen-bond acceptors (Lipinski definition) is 1. The van der Waals surface area contributed by atoms with Crippen LogP contribution in [0, 0.1) is 5.41 Å². The van der Waals surface area contributed by atoms with Crippen molar-refractivity contribution >= 4 is 0 Å². The van der Waals surface area contributed by atoms with Gasteiger partial charge in [0.2, 0.25) is 0 Å². The lowest BCUT2D eigenvalue weighted by Crippen LogP contribution is -2.08. The fourth-order valence-electron chi connectivity index (χ4n) is 0. The lowest BCUT2D eigenvalue weighted by atomic mass is 10.0. The van der Waals surface area contributed by atoms with E-state index in [-0.39, 0.29) is 0 Å². The molecule has 0 saturated carbocycles. The molecule has 0 amide bonds. The van der Waals surface area contributed by atoms with E-state index in [1.165, 1.54) is 19.3 Å². The van der Waals surface area contributed by atoms with Crippen LogP contribution in [0.1, 0.15) is 81.6 Å². The fraction of sp³-hybridized carbons (Fsp3) is 1.00. The molecule has 0 saturated heterocycles. The van der Waals surface area contributed by atoms with Crippen molar-refractivity contribution in [1.29, 1.82) is 0 Å². The summed E-state index contributed by atoms with van der Waals surface area (Å²) in [5.41, 5.74) is 0.500. The molecule has 17 heavy (non-hydrogen) atoms. The van der Waals surface area contributed by atoms with Crippen LogP contribution in [0.25, 0.3) is 0 Å². The van der Waals surface area contributed by atoms with Crippen molar-refractivity contribution in [3.05, 3.63) is 0 Å². The van der Waals surface area contributed by atoms with Gasteiger partial charge in [-0.3, -0.25) is 0 Å². The average molecular weight is 248 g/mol. The van der Waals surface area contributed by atoms with Crippen molar-refractivity contribution in [2.75, 3.05) is 20.6 Å². The van der Waals surface area contributed by atoms with Gasteiger partial charge < -0.3 is 4.90 Å². The highest BCUT2D eigenvalue weighted by Crippen LogP contribution is 2.08.